The van der Waals surface area contributed by atoms with Gasteiger partial charge < -0.3 is 4.74 Å². The number of nitrogens with zero attached hydrogens (tertiary/aromatic N) is 3. The largest absolute Gasteiger partial charge is 0.497 e. The first kappa shape index (κ1) is 30.7. The van der Waals surface area contributed by atoms with Gasteiger partial charge in [0.05, 0.1) is 24.2 Å². The lowest BCUT2D eigenvalue weighted by Crippen LogP contribution is -2.38. The Labute approximate surface area is 259 Å². The summed E-state index contributed by atoms with van der Waals surface area (Å²) in [6.45, 7) is 5.79. The number of methoxy groups -OCH3 is 1. The normalized spacial score (nSPS) is 11.6. The van der Waals surface area contributed by atoms with Crippen molar-refractivity contribution in [3.8, 4) is 22.7 Å². The predicted molar refractivity (Wildman–Crippen MR) is 173 cm³/mol. The molecule has 0 unspecified atom stereocenters. The molecule has 0 radical (unpaired) electrons. The highest BCUT2D eigenvalue weighted by Gasteiger charge is 2.28. The molecule has 5 rings (SSSR count). The minimum Gasteiger partial charge on any atom is -0.497 e. The summed E-state index contributed by atoms with van der Waals surface area (Å²) in [5.74, 6) is 0.861. The SMILES string of the molecule is COc1ccc(-c2cn(-c3ccc(C(C)C)cc3)c(NC(=O)CN(Cc3ccccc3)S(=O)(=O)c3ccc(C)cc3)n2)cc1. The van der Waals surface area contributed by atoms with Crippen molar-refractivity contribution in [2.75, 3.05) is 19.0 Å². The first-order chi connectivity index (χ1) is 21.1. The van der Waals surface area contributed by atoms with Gasteiger partial charge in [0.1, 0.15) is 5.75 Å². The van der Waals surface area contributed by atoms with Crippen LogP contribution in [-0.2, 0) is 21.4 Å². The lowest BCUT2D eigenvalue weighted by atomic mass is 10.0. The van der Waals surface area contributed by atoms with Crippen molar-refractivity contribution >= 4 is 21.9 Å². The van der Waals surface area contributed by atoms with Gasteiger partial charge >= 0.3 is 0 Å². The molecule has 0 spiro atoms. The van der Waals surface area contributed by atoms with Crippen molar-refractivity contribution in [3.05, 3.63) is 126 Å². The summed E-state index contributed by atoms with van der Waals surface area (Å²) in [4.78, 5) is 18.5. The maximum absolute atomic E-state index is 13.8. The smallest absolute Gasteiger partial charge is 0.243 e. The molecular formula is C35H36N4O4S. The molecule has 0 fully saturated rings. The highest BCUT2D eigenvalue weighted by Crippen LogP contribution is 2.27. The van der Waals surface area contributed by atoms with Crippen molar-refractivity contribution in [2.24, 2.45) is 0 Å². The molecule has 1 heterocycles. The van der Waals surface area contributed by atoms with Crippen LogP contribution in [0.15, 0.2) is 114 Å². The van der Waals surface area contributed by atoms with E-state index in [0.717, 1.165) is 28.1 Å². The fourth-order valence-corrected chi connectivity index (χ4v) is 6.17. The monoisotopic (exact) mass is 608 g/mol. The third-order valence-corrected chi connectivity index (χ3v) is 9.17. The minimum absolute atomic E-state index is 0.0344. The van der Waals surface area contributed by atoms with Crippen LogP contribution in [0.4, 0.5) is 5.95 Å². The second kappa shape index (κ2) is 13.3. The number of ether oxygens (including phenoxy) is 1. The van der Waals surface area contributed by atoms with Gasteiger partial charge in [0.25, 0.3) is 0 Å². The fraction of sp³-hybridized carbons (Fsp3) is 0.200. The van der Waals surface area contributed by atoms with E-state index >= 15 is 0 Å². The van der Waals surface area contributed by atoms with Gasteiger partial charge in [-0.05, 0) is 72.5 Å². The van der Waals surface area contributed by atoms with Crippen molar-refractivity contribution in [2.45, 2.75) is 38.1 Å². The average Bonchev–Trinajstić information content (AvgIpc) is 3.45. The lowest BCUT2D eigenvalue weighted by Gasteiger charge is -2.22. The summed E-state index contributed by atoms with van der Waals surface area (Å²) < 4.78 is 35.8. The van der Waals surface area contributed by atoms with Crippen LogP contribution in [0, 0.1) is 6.92 Å². The number of amides is 1. The van der Waals surface area contributed by atoms with E-state index in [0.29, 0.717) is 11.6 Å². The number of aromatic nitrogens is 2. The Kier molecular flexibility index (Phi) is 9.27. The van der Waals surface area contributed by atoms with Crippen LogP contribution in [0.25, 0.3) is 16.9 Å². The van der Waals surface area contributed by atoms with Gasteiger partial charge in [0.15, 0.2) is 0 Å². The Morgan fingerprint density at radius 3 is 2.18 bits per heavy atom. The van der Waals surface area contributed by atoms with Crippen LogP contribution in [-0.4, -0.2) is 41.8 Å². The summed E-state index contributed by atoms with van der Waals surface area (Å²) in [7, 11) is -2.38. The Morgan fingerprint density at radius 1 is 0.909 bits per heavy atom. The molecule has 9 heteroatoms. The van der Waals surface area contributed by atoms with Crippen LogP contribution < -0.4 is 10.1 Å². The highest BCUT2D eigenvalue weighted by atomic mass is 32.2. The number of anilines is 1. The van der Waals surface area contributed by atoms with Crippen molar-refractivity contribution in [1.82, 2.24) is 13.9 Å². The molecule has 0 aliphatic carbocycles. The van der Waals surface area contributed by atoms with Crippen molar-refractivity contribution in [3.63, 3.8) is 0 Å². The summed E-state index contributed by atoms with van der Waals surface area (Å²) in [5.41, 5.74) is 5.19. The molecule has 5 aromatic rings. The second-order valence-corrected chi connectivity index (χ2v) is 12.9. The Morgan fingerprint density at radius 2 is 1.57 bits per heavy atom. The maximum Gasteiger partial charge on any atom is 0.243 e. The number of nitrogens with one attached hydrogen (secondary N) is 1. The number of hydrogen-bond acceptors (Lipinski definition) is 5. The minimum atomic E-state index is -3.99. The Balaban J connectivity index is 1.48. The molecule has 1 N–H and O–H groups in total. The van der Waals surface area contributed by atoms with E-state index < -0.39 is 22.5 Å². The number of rotatable bonds is 11. The van der Waals surface area contributed by atoms with E-state index in [1.807, 2.05) is 92.0 Å². The average molecular weight is 609 g/mol. The summed E-state index contributed by atoms with van der Waals surface area (Å²) in [6.07, 6.45) is 1.85. The van der Waals surface area contributed by atoms with E-state index in [-0.39, 0.29) is 17.4 Å². The number of benzene rings is 4. The highest BCUT2D eigenvalue weighted by molar-refractivity contribution is 7.89. The first-order valence-electron chi connectivity index (χ1n) is 14.4. The molecule has 0 aliphatic rings. The standard InChI is InChI=1S/C35H36N4O4S/c1-25(2)28-12-16-30(17-13-28)39-23-33(29-14-18-31(43-4)19-15-29)36-35(39)37-34(40)24-38(22-27-8-6-5-7-9-27)44(41,42)32-20-10-26(3)11-21-32/h5-21,23,25H,22,24H2,1-4H3,(H,36,37,40). The van der Waals surface area contributed by atoms with Gasteiger partial charge in [-0.15, -0.1) is 0 Å². The third kappa shape index (κ3) is 7.07. The Hall–Kier alpha value is -4.73. The summed E-state index contributed by atoms with van der Waals surface area (Å²) >= 11 is 0. The van der Waals surface area contributed by atoms with Gasteiger partial charge in [0, 0.05) is 24.0 Å². The van der Waals surface area contributed by atoms with Crippen LogP contribution in [0.5, 0.6) is 5.75 Å². The van der Waals surface area contributed by atoms with Crippen molar-refractivity contribution in [1.29, 1.82) is 0 Å². The summed E-state index contributed by atoms with van der Waals surface area (Å²) in [5, 5.41) is 2.89. The van der Waals surface area contributed by atoms with Crippen LogP contribution in [0.2, 0.25) is 0 Å². The van der Waals surface area contributed by atoms with Gasteiger partial charge in [-0.25, -0.2) is 13.4 Å². The number of carbonyl (C=O) groups excluding carboxylic acids is 1. The molecular weight excluding hydrogens is 572 g/mol. The zero-order valence-corrected chi connectivity index (χ0v) is 26.1. The van der Waals surface area contributed by atoms with E-state index in [2.05, 4.69) is 19.2 Å². The number of carbonyl (C=O) groups is 1. The molecule has 0 aliphatic heterocycles. The van der Waals surface area contributed by atoms with Gasteiger partial charge in [-0.2, -0.15) is 4.31 Å². The quantitative estimate of drug-likeness (QED) is 0.178. The topological polar surface area (TPSA) is 93.5 Å². The van der Waals surface area contributed by atoms with E-state index in [9.17, 15) is 13.2 Å². The van der Waals surface area contributed by atoms with E-state index in [4.69, 9.17) is 9.72 Å². The molecule has 0 atom stereocenters. The first-order valence-corrected chi connectivity index (χ1v) is 15.8. The van der Waals surface area contributed by atoms with Gasteiger partial charge in [-0.1, -0.05) is 74.0 Å². The number of aryl methyl sites for hydroxylation is 1. The zero-order chi connectivity index (χ0) is 31.3. The predicted octanol–water partition coefficient (Wildman–Crippen LogP) is 6.81. The number of imidazole rings is 1. The second-order valence-electron chi connectivity index (χ2n) is 10.9. The van der Waals surface area contributed by atoms with Gasteiger partial charge in [0.2, 0.25) is 21.9 Å². The van der Waals surface area contributed by atoms with E-state index in [1.54, 1.807) is 35.9 Å². The lowest BCUT2D eigenvalue weighted by molar-refractivity contribution is -0.116. The molecule has 0 bridgehead atoms. The third-order valence-electron chi connectivity index (χ3n) is 7.36. The molecule has 0 saturated heterocycles. The molecule has 44 heavy (non-hydrogen) atoms. The van der Waals surface area contributed by atoms with Crippen LogP contribution in [0.3, 0.4) is 0 Å². The number of sulfonamides is 1. The maximum atomic E-state index is 13.8. The van der Waals surface area contributed by atoms with Crippen LogP contribution in [0.1, 0.15) is 36.5 Å². The molecule has 226 valence electrons. The number of hydrogen-bond donors (Lipinski definition) is 1. The molecule has 0 saturated carbocycles. The summed E-state index contributed by atoms with van der Waals surface area (Å²) in [6, 6.07) is 31.4. The fourth-order valence-electron chi connectivity index (χ4n) is 4.78. The Bertz CT molecular complexity index is 1820. The zero-order valence-electron chi connectivity index (χ0n) is 25.3. The van der Waals surface area contributed by atoms with E-state index in [1.165, 1.54) is 9.87 Å². The van der Waals surface area contributed by atoms with Crippen LogP contribution >= 0.6 is 0 Å². The molecule has 1 aromatic heterocycles. The molecule has 1 amide bonds. The van der Waals surface area contributed by atoms with Crippen molar-refractivity contribution < 1.29 is 17.9 Å². The molecule has 8 nitrogen and oxygen atoms in total. The van der Waals surface area contributed by atoms with Gasteiger partial charge in [-0.3, -0.25) is 14.7 Å². The molecule has 4 aromatic carbocycles.